The molecule has 0 aromatic rings. The molecule has 0 aromatic heterocycles. The predicted molar refractivity (Wildman–Crippen MR) is 50.3 cm³/mol. The first kappa shape index (κ1) is 12.7. The van der Waals surface area contributed by atoms with E-state index in [1.165, 1.54) is 38.5 Å². The average Bonchev–Trinajstić information content (AvgIpc) is 2.55. The first-order chi connectivity index (χ1) is 5.47. The fourth-order valence-corrected chi connectivity index (χ4v) is 2.43. The fraction of sp³-hybridized carbons (Fsp3) is 0.909. The first-order valence-electron chi connectivity index (χ1n) is 5.30. The van der Waals surface area contributed by atoms with Crippen molar-refractivity contribution in [2.45, 2.75) is 52.4 Å². The van der Waals surface area contributed by atoms with Crippen LogP contribution in [0.5, 0.6) is 0 Å². The van der Waals surface area contributed by atoms with Crippen molar-refractivity contribution >= 4 is 0 Å². The summed E-state index contributed by atoms with van der Waals surface area (Å²) in [5.74, 6) is 2.15. The standard InChI is InChI=1S/C9H15.C2H6.W/c1-2-5-9-7-3-6-8(9)4-1;1-2;/h6,8-9H,1-5,7H2;1-2H3;/q-1;;. The van der Waals surface area contributed by atoms with Crippen LogP contribution in [0.15, 0.2) is 0 Å². The van der Waals surface area contributed by atoms with Gasteiger partial charge in [0.05, 0.1) is 0 Å². The molecule has 0 spiro atoms. The van der Waals surface area contributed by atoms with Crippen LogP contribution in [0.4, 0.5) is 0 Å². The minimum Gasteiger partial charge on any atom is -0.325 e. The molecule has 0 heterocycles. The van der Waals surface area contributed by atoms with Crippen molar-refractivity contribution in [2.24, 2.45) is 11.8 Å². The van der Waals surface area contributed by atoms with Gasteiger partial charge in [0.25, 0.3) is 0 Å². The second-order valence-electron chi connectivity index (χ2n) is 3.52. The molecule has 2 fully saturated rings. The van der Waals surface area contributed by atoms with E-state index < -0.39 is 0 Å². The van der Waals surface area contributed by atoms with Crippen molar-refractivity contribution < 1.29 is 21.1 Å². The van der Waals surface area contributed by atoms with Crippen molar-refractivity contribution in [3.8, 4) is 0 Å². The summed E-state index contributed by atoms with van der Waals surface area (Å²) in [7, 11) is 0. The van der Waals surface area contributed by atoms with Crippen LogP contribution in [0.1, 0.15) is 52.4 Å². The average molecular weight is 337 g/mol. The molecule has 2 rings (SSSR count). The third kappa shape index (κ3) is 3.21. The van der Waals surface area contributed by atoms with E-state index in [-0.39, 0.29) is 21.1 Å². The molecule has 0 aromatic carbocycles. The Morgan fingerprint density at radius 2 is 1.67 bits per heavy atom. The Kier molecular flexibility index (Phi) is 7.54. The van der Waals surface area contributed by atoms with Crippen molar-refractivity contribution in [3.63, 3.8) is 0 Å². The van der Waals surface area contributed by atoms with E-state index in [1.807, 2.05) is 13.8 Å². The van der Waals surface area contributed by atoms with Gasteiger partial charge >= 0.3 is 0 Å². The number of hydrogen-bond acceptors (Lipinski definition) is 0. The molecule has 0 radical (unpaired) electrons. The zero-order chi connectivity index (χ0) is 8.10. The van der Waals surface area contributed by atoms with Gasteiger partial charge in [-0.05, 0) is 0 Å². The van der Waals surface area contributed by atoms with Crippen LogP contribution in [0.3, 0.4) is 0 Å². The van der Waals surface area contributed by atoms with Gasteiger partial charge in [-0.1, -0.05) is 51.9 Å². The van der Waals surface area contributed by atoms with E-state index in [2.05, 4.69) is 6.42 Å². The van der Waals surface area contributed by atoms with E-state index >= 15 is 0 Å². The molecule has 2 unspecified atom stereocenters. The van der Waals surface area contributed by atoms with Crippen molar-refractivity contribution in [3.05, 3.63) is 6.42 Å². The van der Waals surface area contributed by atoms with E-state index in [9.17, 15) is 0 Å². The smallest absolute Gasteiger partial charge is 0 e. The van der Waals surface area contributed by atoms with E-state index in [4.69, 9.17) is 0 Å². The van der Waals surface area contributed by atoms with Crippen LogP contribution in [-0.4, -0.2) is 0 Å². The van der Waals surface area contributed by atoms with E-state index in [0.717, 1.165) is 11.8 Å². The van der Waals surface area contributed by atoms with Gasteiger partial charge in [0.15, 0.2) is 0 Å². The summed E-state index contributed by atoms with van der Waals surface area (Å²) in [6, 6.07) is 0. The van der Waals surface area contributed by atoms with Crippen molar-refractivity contribution in [1.29, 1.82) is 0 Å². The normalized spacial score (nSPS) is 32.5. The van der Waals surface area contributed by atoms with E-state index in [1.54, 1.807) is 0 Å². The Morgan fingerprint density at radius 1 is 1.00 bits per heavy atom. The summed E-state index contributed by atoms with van der Waals surface area (Å²) in [5.41, 5.74) is 0. The number of fused-ring (bicyclic) bond motifs is 1. The summed E-state index contributed by atoms with van der Waals surface area (Å²) < 4.78 is 0. The van der Waals surface area contributed by atoms with Gasteiger partial charge < -0.3 is 6.42 Å². The third-order valence-electron chi connectivity index (χ3n) is 2.97. The first-order valence-corrected chi connectivity index (χ1v) is 5.30. The van der Waals surface area contributed by atoms with Gasteiger partial charge in [0.1, 0.15) is 0 Å². The summed E-state index contributed by atoms with van der Waals surface area (Å²) in [4.78, 5) is 0. The SMILES string of the molecule is CC.[CH-]1CCC2CCCCC12.[W]. The van der Waals surface area contributed by atoms with Crippen LogP contribution in [0.2, 0.25) is 0 Å². The zero-order valence-electron chi connectivity index (χ0n) is 8.38. The molecule has 2 aliphatic rings. The van der Waals surface area contributed by atoms with Gasteiger partial charge in [0, 0.05) is 21.1 Å². The van der Waals surface area contributed by atoms with Crippen LogP contribution in [-0.2, 0) is 21.1 Å². The molecular weight excluding hydrogens is 316 g/mol. The van der Waals surface area contributed by atoms with Gasteiger partial charge in [-0.3, -0.25) is 0 Å². The van der Waals surface area contributed by atoms with Gasteiger partial charge in [-0.25, -0.2) is 0 Å². The fourth-order valence-electron chi connectivity index (χ4n) is 2.43. The maximum atomic E-state index is 2.56. The maximum absolute atomic E-state index is 2.56. The Morgan fingerprint density at radius 3 is 2.33 bits per heavy atom. The topological polar surface area (TPSA) is 0 Å². The second-order valence-corrected chi connectivity index (χ2v) is 3.52. The number of rotatable bonds is 0. The summed E-state index contributed by atoms with van der Waals surface area (Å²) >= 11 is 0. The minimum absolute atomic E-state index is 0. The second kappa shape index (κ2) is 7.13. The van der Waals surface area contributed by atoms with Crippen molar-refractivity contribution in [2.75, 3.05) is 0 Å². The van der Waals surface area contributed by atoms with Crippen LogP contribution >= 0.6 is 0 Å². The van der Waals surface area contributed by atoms with Crippen LogP contribution in [0.25, 0.3) is 0 Å². The zero-order valence-corrected chi connectivity index (χ0v) is 11.3. The molecule has 0 saturated heterocycles. The Labute approximate surface area is 91.8 Å². The number of hydrogen-bond donors (Lipinski definition) is 0. The molecule has 0 amide bonds. The monoisotopic (exact) mass is 337 g/mol. The Balaban J connectivity index is 0.000000378. The Hall–Kier alpha value is 0.688. The van der Waals surface area contributed by atoms with Gasteiger partial charge in [-0.2, -0.15) is 12.3 Å². The Bertz CT molecular complexity index is 89.2. The molecule has 2 saturated carbocycles. The predicted octanol–water partition coefficient (Wildman–Crippen LogP) is 3.81. The summed E-state index contributed by atoms with van der Waals surface area (Å²) in [5, 5.41) is 0. The quantitative estimate of drug-likeness (QED) is 0.590. The van der Waals surface area contributed by atoms with E-state index in [0.29, 0.717) is 0 Å². The van der Waals surface area contributed by atoms with Crippen LogP contribution < -0.4 is 0 Å². The molecule has 72 valence electrons. The maximum Gasteiger partial charge on any atom is 0 e. The molecule has 12 heavy (non-hydrogen) atoms. The molecule has 2 atom stereocenters. The molecule has 2 aliphatic carbocycles. The molecule has 0 bridgehead atoms. The van der Waals surface area contributed by atoms with Crippen molar-refractivity contribution in [1.82, 2.24) is 0 Å². The van der Waals surface area contributed by atoms with Gasteiger partial charge in [0.2, 0.25) is 0 Å². The molecule has 1 heteroatoms. The molecule has 0 nitrogen and oxygen atoms in total. The summed E-state index contributed by atoms with van der Waals surface area (Å²) in [6.07, 6.45) is 11.5. The molecule has 0 aliphatic heterocycles. The largest absolute Gasteiger partial charge is 0.325 e. The molecular formula is C11H21W-. The van der Waals surface area contributed by atoms with Crippen LogP contribution in [0, 0.1) is 18.3 Å². The molecule has 0 N–H and O–H groups in total. The minimum atomic E-state index is 0. The van der Waals surface area contributed by atoms with Gasteiger partial charge in [-0.15, -0.1) is 0 Å². The summed E-state index contributed by atoms with van der Waals surface area (Å²) in [6.45, 7) is 4.00. The third-order valence-corrected chi connectivity index (χ3v) is 2.97.